The molecule has 0 aliphatic heterocycles. The van der Waals surface area contributed by atoms with E-state index in [4.69, 9.17) is 21.4 Å². The van der Waals surface area contributed by atoms with E-state index < -0.39 is 18.7 Å². The van der Waals surface area contributed by atoms with Gasteiger partial charge in [-0.3, -0.25) is 10.2 Å². The Morgan fingerprint density at radius 3 is 2.61 bits per heavy atom. The Morgan fingerprint density at radius 1 is 1.32 bits per heavy atom. The normalized spacial score (nSPS) is 11.5. The lowest BCUT2D eigenvalue weighted by Crippen LogP contribution is -2.40. The molecule has 0 saturated carbocycles. The molecule has 2 N–H and O–H groups in total. The van der Waals surface area contributed by atoms with Crippen LogP contribution in [0.2, 0.25) is 5.02 Å². The first kappa shape index (κ1) is 21.9. The van der Waals surface area contributed by atoms with Gasteiger partial charge in [-0.1, -0.05) is 23.7 Å². The van der Waals surface area contributed by atoms with E-state index in [1.54, 1.807) is 31.3 Å². The summed E-state index contributed by atoms with van der Waals surface area (Å²) in [6, 6.07) is 7.72. The summed E-state index contributed by atoms with van der Waals surface area (Å²) in [6.45, 7) is -1.10. The summed E-state index contributed by atoms with van der Waals surface area (Å²) in [5, 5.41) is 10.8. The number of halogens is 4. The smallest absolute Gasteiger partial charge is 0.422 e. The van der Waals surface area contributed by atoms with Crippen molar-refractivity contribution in [1.82, 2.24) is 15.4 Å². The van der Waals surface area contributed by atoms with E-state index in [2.05, 4.69) is 10.4 Å². The van der Waals surface area contributed by atoms with Gasteiger partial charge in [0.25, 0.3) is 5.91 Å². The van der Waals surface area contributed by atoms with Crippen molar-refractivity contribution >= 4 is 17.5 Å². The average molecular weight is 418 g/mol. The second kappa shape index (κ2) is 9.72. The number of hydrogen-bond donors (Lipinski definition) is 2. The number of alkyl halides is 3. The lowest BCUT2D eigenvalue weighted by Gasteiger charge is -2.18. The molecule has 2 aromatic rings. The number of benzene rings is 1. The zero-order valence-corrected chi connectivity index (χ0v) is 15.7. The molecule has 1 aromatic heterocycles. The van der Waals surface area contributed by atoms with Crippen LogP contribution in [0.4, 0.5) is 13.2 Å². The molecule has 0 spiro atoms. The van der Waals surface area contributed by atoms with E-state index in [1.807, 2.05) is 0 Å². The highest BCUT2D eigenvalue weighted by Gasteiger charge is 2.29. The molecular formula is C18H19ClF3N3O3. The number of aliphatic hydroxyl groups excluding tert-OH is 1. The fourth-order valence-corrected chi connectivity index (χ4v) is 2.41. The summed E-state index contributed by atoms with van der Waals surface area (Å²) in [5.41, 5.74) is 3.46. The number of rotatable bonds is 8. The van der Waals surface area contributed by atoms with Crippen molar-refractivity contribution in [3.8, 4) is 17.0 Å². The van der Waals surface area contributed by atoms with Gasteiger partial charge in [-0.2, -0.15) is 13.2 Å². The van der Waals surface area contributed by atoms with Gasteiger partial charge in [0.2, 0.25) is 5.88 Å². The summed E-state index contributed by atoms with van der Waals surface area (Å²) >= 11 is 5.86. The molecule has 0 radical (unpaired) electrons. The molecule has 28 heavy (non-hydrogen) atoms. The largest absolute Gasteiger partial charge is 0.468 e. The topological polar surface area (TPSA) is 74.7 Å². The fourth-order valence-electron chi connectivity index (χ4n) is 2.28. The highest BCUT2D eigenvalue weighted by molar-refractivity contribution is 6.30. The van der Waals surface area contributed by atoms with Crippen LogP contribution in [-0.2, 0) is 0 Å². The van der Waals surface area contributed by atoms with Crippen LogP contribution in [0.3, 0.4) is 0 Å². The lowest BCUT2D eigenvalue weighted by atomic mass is 10.1. The second-order valence-corrected chi connectivity index (χ2v) is 6.36. The maximum absolute atomic E-state index is 12.5. The first-order chi connectivity index (χ1) is 13.2. The van der Waals surface area contributed by atoms with Crippen LogP contribution in [0.25, 0.3) is 11.1 Å². The Bertz CT molecular complexity index is 801. The lowest BCUT2D eigenvalue weighted by molar-refractivity contribution is -0.154. The van der Waals surface area contributed by atoms with Gasteiger partial charge in [-0.05, 0) is 30.2 Å². The third-order valence-corrected chi connectivity index (χ3v) is 3.84. The molecule has 0 atom stereocenters. The zero-order valence-electron chi connectivity index (χ0n) is 15.0. The third-order valence-electron chi connectivity index (χ3n) is 3.59. The van der Waals surface area contributed by atoms with E-state index in [0.717, 1.165) is 6.20 Å². The van der Waals surface area contributed by atoms with Gasteiger partial charge < -0.3 is 9.84 Å². The van der Waals surface area contributed by atoms with Crippen LogP contribution in [0.1, 0.15) is 16.8 Å². The summed E-state index contributed by atoms with van der Waals surface area (Å²) in [7, 11) is 1.63. The SMILES string of the molecule is CN(CCCO)NC(=O)c1cnc(OCC(F)(F)F)c(-c2ccc(Cl)cc2)c1. The van der Waals surface area contributed by atoms with E-state index in [1.165, 1.54) is 11.1 Å². The van der Waals surface area contributed by atoms with Crippen molar-refractivity contribution in [3.05, 3.63) is 47.1 Å². The van der Waals surface area contributed by atoms with E-state index >= 15 is 0 Å². The predicted octanol–water partition coefficient (Wildman–Crippen LogP) is 3.30. The van der Waals surface area contributed by atoms with E-state index in [9.17, 15) is 18.0 Å². The van der Waals surface area contributed by atoms with Crippen molar-refractivity contribution in [2.45, 2.75) is 12.6 Å². The molecule has 0 unspecified atom stereocenters. The Balaban J connectivity index is 2.30. The minimum absolute atomic E-state index is 0.0201. The molecule has 0 bridgehead atoms. The van der Waals surface area contributed by atoms with Gasteiger partial charge in [0.15, 0.2) is 6.61 Å². The molecule has 0 saturated heterocycles. The van der Waals surface area contributed by atoms with Gasteiger partial charge >= 0.3 is 6.18 Å². The van der Waals surface area contributed by atoms with Crippen LogP contribution < -0.4 is 10.2 Å². The molecule has 6 nitrogen and oxygen atoms in total. The summed E-state index contributed by atoms with van der Waals surface area (Å²) in [6.07, 6.45) is -2.92. The number of hydrazine groups is 1. The number of pyridine rings is 1. The van der Waals surface area contributed by atoms with Crippen molar-refractivity contribution in [2.24, 2.45) is 0 Å². The number of nitrogens with one attached hydrogen (secondary N) is 1. The minimum Gasteiger partial charge on any atom is -0.468 e. The number of ether oxygens (including phenoxy) is 1. The summed E-state index contributed by atoms with van der Waals surface area (Å²) < 4.78 is 42.4. The average Bonchev–Trinajstić information content (AvgIpc) is 2.64. The maximum Gasteiger partial charge on any atom is 0.422 e. The second-order valence-electron chi connectivity index (χ2n) is 5.93. The van der Waals surface area contributed by atoms with Crippen molar-refractivity contribution in [2.75, 3.05) is 26.8 Å². The number of hydrogen-bond acceptors (Lipinski definition) is 5. The van der Waals surface area contributed by atoms with E-state index in [-0.39, 0.29) is 23.6 Å². The standard InChI is InChI=1S/C18H19ClF3N3O3/c1-25(7-2-8-26)24-16(27)13-9-15(12-3-5-14(19)6-4-12)17(23-10-13)28-11-18(20,21)22/h3-6,9-10,26H,2,7-8,11H2,1H3,(H,24,27). The van der Waals surface area contributed by atoms with E-state index in [0.29, 0.717) is 23.6 Å². The molecule has 1 heterocycles. The van der Waals surface area contributed by atoms with Gasteiger partial charge in [0.05, 0.1) is 5.56 Å². The van der Waals surface area contributed by atoms with Crippen molar-refractivity contribution in [3.63, 3.8) is 0 Å². The highest BCUT2D eigenvalue weighted by atomic mass is 35.5. The molecular weight excluding hydrogens is 399 g/mol. The molecule has 152 valence electrons. The number of carbonyl (C=O) groups is 1. The molecule has 1 aromatic carbocycles. The summed E-state index contributed by atoms with van der Waals surface area (Å²) in [4.78, 5) is 16.3. The summed E-state index contributed by atoms with van der Waals surface area (Å²) in [5.74, 6) is -0.740. The Labute approximate surface area is 164 Å². The van der Waals surface area contributed by atoms with Crippen LogP contribution in [0, 0.1) is 0 Å². The van der Waals surface area contributed by atoms with Crippen molar-refractivity contribution in [1.29, 1.82) is 0 Å². The fraction of sp³-hybridized carbons (Fsp3) is 0.333. The Morgan fingerprint density at radius 2 is 2.00 bits per heavy atom. The number of nitrogens with zero attached hydrogens (tertiary/aromatic N) is 2. The maximum atomic E-state index is 12.5. The first-order valence-electron chi connectivity index (χ1n) is 8.28. The molecule has 1 amide bonds. The van der Waals surface area contributed by atoms with Crippen LogP contribution in [0.5, 0.6) is 5.88 Å². The monoisotopic (exact) mass is 417 g/mol. The quantitative estimate of drug-likeness (QED) is 0.645. The first-order valence-corrected chi connectivity index (χ1v) is 8.66. The van der Waals surface area contributed by atoms with Gasteiger partial charge in [0, 0.05) is 37.0 Å². The van der Waals surface area contributed by atoms with Crippen LogP contribution in [-0.4, -0.2) is 54.0 Å². The van der Waals surface area contributed by atoms with Crippen LogP contribution >= 0.6 is 11.6 Å². The van der Waals surface area contributed by atoms with Crippen molar-refractivity contribution < 1.29 is 27.8 Å². The Kier molecular flexibility index (Phi) is 7.61. The van der Waals surface area contributed by atoms with Crippen LogP contribution in [0.15, 0.2) is 36.5 Å². The molecule has 2 rings (SSSR count). The molecule has 0 aliphatic carbocycles. The van der Waals surface area contributed by atoms with Gasteiger partial charge in [-0.15, -0.1) is 0 Å². The number of carbonyl (C=O) groups excluding carboxylic acids is 1. The minimum atomic E-state index is -4.52. The third kappa shape index (κ3) is 6.66. The number of amides is 1. The number of aromatic nitrogens is 1. The van der Waals surface area contributed by atoms with Gasteiger partial charge in [-0.25, -0.2) is 9.99 Å². The zero-order chi connectivity index (χ0) is 20.7. The molecule has 0 fully saturated rings. The van der Waals surface area contributed by atoms with Gasteiger partial charge in [0.1, 0.15) is 0 Å². The Hall–Kier alpha value is -2.36. The predicted molar refractivity (Wildman–Crippen MR) is 98.0 cm³/mol. The molecule has 0 aliphatic rings. The molecule has 10 heteroatoms. The number of aliphatic hydroxyl groups is 1. The highest BCUT2D eigenvalue weighted by Crippen LogP contribution is 2.31.